The molecule has 1 aromatic heterocycles. The largest absolute Gasteiger partial charge is 0.497 e. The van der Waals surface area contributed by atoms with Crippen LogP contribution in [0.5, 0.6) is 11.5 Å². The first-order valence-electron chi connectivity index (χ1n) is 6.56. The summed E-state index contributed by atoms with van der Waals surface area (Å²) in [7, 11) is 3.52. The third-order valence-electron chi connectivity index (χ3n) is 2.88. The molecule has 0 spiro atoms. The van der Waals surface area contributed by atoms with Crippen LogP contribution in [0.3, 0.4) is 0 Å². The molecular formula is C16H17ClN2O2. The van der Waals surface area contributed by atoms with Gasteiger partial charge in [-0.25, -0.2) is 0 Å². The van der Waals surface area contributed by atoms with Crippen molar-refractivity contribution in [3.8, 4) is 23.3 Å². The molecule has 110 valence electrons. The quantitative estimate of drug-likeness (QED) is 0.629. The predicted molar refractivity (Wildman–Crippen MR) is 83.0 cm³/mol. The zero-order valence-electron chi connectivity index (χ0n) is 12.1. The summed E-state index contributed by atoms with van der Waals surface area (Å²) in [6, 6.07) is 5.56. The molecule has 21 heavy (non-hydrogen) atoms. The maximum absolute atomic E-state index is 5.81. The Morgan fingerprint density at radius 2 is 2.24 bits per heavy atom. The number of aryl methyl sites for hydroxylation is 1. The van der Waals surface area contributed by atoms with Crippen LogP contribution in [-0.2, 0) is 13.5 Å². The van der Waals surface area contributed by atoms with Gasteiger partial charge < -0.3 is 9.47 Å². The maximum atomic E-state index is 5.81. The summed E-state index contributed by atoms with van der Waals surface area (Å²) in [6.45, 7) is 0.563. The van der Waals surface area contributed by atoms with E-state index in [0.717, 1.165) is 29.0 Å². The van der Waals surface area contributed by atoms with E-state index in [9.17, 15) is 0 Å². The van der Waals surface area contributed by atoms with Gasteiger partial charge in [-0.2, -0.15) is 5.10 Å². The second-order valence-electron chi connectivity index (χ2n) is 4.42. The lowest BCUT2D eigenvalue weighted by molar-refractivity contribution is 0.320. The van der Waals surface area contributed by atoms with E-state index in [0.29, 0.717) is 6.61 Å². The van der Waals surface area contributed by atoms with Gasteiger partial charge in [0.25, 0.3) is 0 Å². The fourth-order valence-corrected chi connectivity index (χ4v) is 1.93. The molecule has 1 heterocycles. The van der Waals surface area contributed by atoms with Crippen molar-refractivity contribution >= 4 is 11.6 Å². The fraction of sp³-hybridized carbons (Fsp3) is 0.312. The highest BCUT2D eigenvalue weighted by atomic mass is 35.5. The van der Waals surface area contributed by atoms with Gasteiger partial charge in [0.1, 0.15) is 11.5 Å². The molecule has 0 aliphatic carbocycles. The molecule has 0 atom stereocenters. The van der Waals surface area contributed by atoms with E-state index in [1.165, 1.54) is 0 Å². The molecule has 0 amide bonds. The highest BCUT2D eigenvalue weighted by Gasteiger charge is 2.04. The van der Waals surface area contributed by atoms with Gasteiger partial charge >= 0.3 is 0 Å². The Morgan fingerprint density at radius 3 is 2.90 bits per heavy atom. The third kappa shape index (κ3) is 4.44. The number of hydrogen-bond acceptors (Lipinski definition) is 3. The van der Waals surface area contributed by atoms with Crippen LogP contribution in [0.4, 0.5) is 0 Å². The van der Waals surface area contributed by atoms with Crippen molar-refractivity contribution in [1.29, 1.82) is 0 Å². The van der Waals surface area contributed by atoms with Crippen molar-refractivity contribution in [2.24, 2.45) is 7.05 Å². The molecule has 5 heteroatoms. The van der Waals surface area contributed by atoms with Gasteiger partial charge in [0, 0.05) is 19.7 Å². The van der Waals surface area contributed by atoms with Crippen LogP contribution in [0.15, 0.2) is 30.6 Å². The molecule has 0 aliphatic rings. The maximum Gasteiger partial charge on any atom is 0.135 e. The molecule has 2 aromatic rings. The van der Waals surface area contributed by atoms with Gasteiger partial charge in [0.05, 0.1) is 31.4 Å². The monoisotopic (exact) mass is 304 g/mol. The van der Waals surface area contributed by atoms with Crippen LogP contribution in [-0.4, -0.2) is 29.4 Å². The van der Waals surface area contributed by atoms with E-state index in [1.54, 1.807) is 11.8 Å². The van der Waals surface area contributed by atoms with Gasteiger partial charge in [0.15, 0.2) is 0 Å². The van der Waals surface area contributed by atoms with Crippen molar-refractivity contribution in [2.75, 3.05) is 19.6 Å². The first-order valence-corrected chi connectivity index (χ1v) is 7.09. The summed E-state index contributed by atoms with van der Waals surface area (Å²) in [6.07, 6.45) is 4.61. The van der Waals surface area contributed by atoms with Gasteiger partial charge in [-0.3, -0.25) is 4.68 Å². The lowest BCUT2D eigenvalue weighted by Gasteiger charge is -2.09. The molecule has 0 saturated carbocycles. The number of ether oxygens (including phenoxy) is 2. The molecular weight excluding hydrogens is 288 g/mol. The Morgan fingerprint density at radius 1 is 1.38 bits per heavy atom. The molecule has 4 nitrogen and oxygen atoms in total. The summed E-state index contributed by atoms with van der Waals surface area (Å²) in [4.78, 5) is 0. The Hall–Kier alpha value is -2.12. The van der Waals surface area contributed by atoms with E-state index in [1.807, 2.05) is 37.6 Å². The molecule has 0 N–H and O–H groups in total. The van der Waals surface area contributed by atoms with Crippen LogP contribution >= 0.6 is 11.6 Å². The molecule has 0 bridgehead atoms. The third-order valence-corrected chi connectivity index (χ3v) is 3.02. The second kappa shape index (κ2) is 7.61. The second-order valence-corrected chi connectivity index (χ2v) is 4.69. The van der Waals surface area contributed by atoms with E-state index in [-0.39, 0.29) is 5.88 Å². The smallest absolute Gasteiger partial charge is 0.135 e. The number of rotatable bonds is 5. The van der Waals surface area contributed by atoms with E-state index in [4.69, 9.17) is 21.1 Å². The van der Waals surface area contributed by atoms with E-state index in [2.05, 4.69) is 16.9 Å². The molecule has 0 unspecified atom stereocenters. The number of halogens is 1. The number of aromatic nitrogens is 2. The van der Waals surface area contributed by atoms with Crippen molar-refractivity contribution in [3.63, 3.8) is 0 Å². The zero-order chi connectivity index (χ0) is 15.1. The summed E-state index contributed by atoms with van der Waals surface area (Å²) in [5.74, 6) is 7.58. The van der Waals surface area contributed by atoms with Gasteiger partial charge in [-0.15, -0.1) is 11.6 Å². The van der Waals surface area contributed by atoms with Crippen molar-refractivity contribution in [2.45, 2.75) is 6.42 Å². The summed E-state index contributed by atoms with van der Waals surface area (Å²) >= 11 is 5.61. The van der Waals surface area contributed by atoms with Crippen LogP contribution in [0.25, 0.3) is 0 Å². The van der Waals surface area contributed by atoms with Gasteiger partial charge in [-0.1, -0.05) is 11.8 Å². The Labute approximate surface area is 129 Å². The highest BCUT2D eigenvalue weighted by molar-refractivity contribution is 6.19. The highest BCUT2D eigenvalue weighted by Crippen LogP contribution is 2.23. The topological polar surface area (TPSA) is 36.3 Å². The molecule has 1 aromatic carbocycles. The summed E-state index contributed by atoms with van der Waals surface area (Å²) in [5, 5.41) is 4.13. The lowest BCUT2D eigenvalue weighted by Crippen LogP contribution is -2.02. The molecule has 0 radical (unpaired) electrons. The number of methoxy groups -OCH3 is 1. The Bertz CT molecular complexity index is 656. The van der Waals surface area contributed by atoms with E-state index >= 15 is 0 Å². The molecule has 0 saturated heterocycles. The summed E-state index contributed by atoms with van der Waals surface area (Å²) < 4.78 is 12.8. The average molecular weight is 305 g/mol. The number of alkyl halides is 1. The molecule has 0 fully saturated rings. The van der Waals surface area contributed by atoms with Crippen molar-refractivity contribution < 1.29 is 9.47 Å². The van der Waals surface area contributed by atoms with E-state index < -0.39 is 0 Å². The lowest BCUT2D eigenvalue weighted by atomic mass is 10.2. The summed E-state index contributed by atoms with van der Waals surface area (Å²) in [5.41, 5.74) is 1.92. The van der Waals surface area contributed by atoms with Crippen molar-refractivity contribution in [3.05, 3.63) is 41.7 Å². The first kappa shape index (κ1) is 15.3. The minimum Gasteiger partial charge on any atom is -0.497 e. The standard InChI is InChI=1S/C16H17ClN2O2/c1-19-12-13(11-18-19)7-9-21-16-6-5-15(20-2)10-14(16)4-3-8-17/h5-6,10-12H,7-9H2,1-2H3. The van der Waals surface area contributed by atoms with Crippen LogP contribution in [0.1, 0.15) is 11.1 Å². The zero-order valence-corrected chi connectivity index (χ0v) is 12.9. The van der Waals surface area contributed by atoms with Gasteiger partial charge in [-0.05, 0) is 23.8 Å². The van der Waals surface area contributed by atoms with Crippen LogP contribution < -0.4 is 9.47 Å². The Balaban J connectivity index is 2.04. The number of nitrogens with zero attached hydrogens (tertiary/aromatic N) is 2. The average Bonchev–Trinajstić information content (AvgIpc) is 2.91. The minimum absolute atomic E-state index is 0.284. The predicted octanol–water partition coefficient (Wildman–Crippen LogP) is 2.64. The number of hydrogen-bond donors (Lipinski definition) is 0. The first-order chi connectivity index (χ1) is 10.2. The SMILES string of the molecule is COc1ccc(OCCc2cnn(C)c2)c(C#CCCl)c1. The Kier molecular flexibility index (Phi) is 5.53. The van der Waals surface area contributed by atoms with Crippen LogP contribution in [0.2, 0.25) is 0 Å². The molecule has 0 aliphatic heterocycles. The number of benzene rings is 1. The normalized spacial score (nSPS) is 9.86. The van der Waals surface area contributed by atoms with Crippen LogP contribution in [0, 0.1) is 11.8 Å². The van der Waals surface area contributed by atoms with Crippen molar-refractivity contribution in [1.82, 2.24) is 9.78 Å². The fourth-order valence-electron chi connectivity index (χ4n) is 1.87. The van der Waals surface area contributed by atoms with Gasteiger partial charge in [0.2, 0.25) is 0 Å². The molecule has 2 rings (SSSR count). The minimum atomic E-state index is 0.284.